The average Bonchev–Trinajstić information content (AvgIpc) is 3.61. The number of anilines is 1. The van der Waals surface area contributed by atoms with E-state index in [1.54, 1.807) is 18.2 Å². The van der Waals surface area contributed by atoms with Crippen molar-refractivity contribution >= 4 is 34.9 Å². The summed E-state index contributed by atoms with van der Waals surface area (Å²) in [7, 11) is 0. The molecule has 1 aromatic rings. The molecule has 0 radical (unpaired) electrons. The smallest absolute Gasteiger partial charge is 0.315 e. The Hall–Kier alpha value is -1.09. The average molecular weight is 484 g/mol. The van der Waals surface area contributed by atoms with Crippen LogP contribution in [-0.2, 0) is 0 Å². The van der Waals surface area contributed by atoms with E-state index in [1.165, 1.54) is 57.8 Å². The highest BCUT2D eigenvalue weighted by Gasteiger charge is 2.54. The maximum atomic E-state index is 12.7. The molecule has 1 aromatic carbocycles. The highest BCUT2D eigenvalue weighted by Crippen LogP contribution is 2.49. The van der Waals surface area contributed by atoms with E-state index >= 15 is 0 Å². The minimum Gasteiger partial charge on any atom is -0.315 e. The lowest BCUT2D eigenvalue weighted by Crippen LogP contribution is -2.76. The SMILES string of the molecule is O=C(Nc1ccc(Cl)c(Cl)c1)NC1NC(NO)C2(CCCCCCCCC2)C(C2CC2)N1. The van der Waals surface area contributed by atoms with Gasteiger partial charge in [-0.15, -0.1) is 0 Å². The fourth-order valence-electron chi connectivity index (χ4n) is 5.58. The van der Waals surface area contributed by atoms with Crippen molar-refractivity contribution in [1.82, 2.24) is 21.4 Å². The molecule has 3 fully saturated rings. The normalized spacial score (nSPS) is 28.8. The molecule has 3 unspecified atom stereocenters. The summed E-state index contributed by atoms with van der Waals surface area (Å²) in [5.41, 5.74) is 3.06. The molecule has 1 heterocycles. The first kappa shape index (κ1) is 24.0. The first-order chi connectivity index (χ1) is 15.5. The second-order valence-corrected chi connectivity index (χ2v) is 10.4. The lowest BCUT2D eigenvalue weighted by atomic mass is 9.66. The summed E-state index contributed by atoms with van der Waals surface area (Å²) in [5.74, 6) is 0.582. The zero-order valence-electron chi connectivity index (χ0n) is 18.4. The molecule has 4 rings (SSSR count). The Kier molecular flexibility index (Phi) is 8.18. The van der Waals surface area contributed by atoms with E-state index in [0.717, 1.165) is 12.8 Å². The van der Waals surface area contributed by atoms with Gasteiger partial charge in [-0.3, -0.25) is 10.6 Å². The zero-order valence-corrected chi connectivity index (χ0v) is 19.9. The number of hydrogen-bond acceptors (Lipinski definition) is 5. The van der Waals surface area contributed by atoms with E-state index < -0.39 is 6.29 Å². The molecular formula is C23H35Cl2N5O2. The Morgan fingerprint density at radius 2 is 1.62 bits per heavy atom. The lowest BCUT2D eigenvalue weighted by molar-refractivity contribution is -0.0564. The Morgan fingerprint density at radius 1 is 0.969 bits per heavy atom. The van der Waals surface area contributed by atoms with Crippen molar-refractivity contribution in [3.63, 3.8) is 0 Å². The number of benzene rings is 1. The van der Waals surface area contributed by atoms with Gasteiger partial charge in [-0.25, -0.2) is 4.79 Å². The van der Waals surface area contributed by atoms with Crippen molar-refractivity contribution in [3.05, 3.63) is 28.2 Å². The van der Waals surface area contributed by atoms with Gasteiger partial charge in [0.15, 0.2) is 0 Å². The van der Waals surface area contributed by atoms with Gasteiger partial charge in [-0.05, 0) is 49.8 Å². The molecule has 3 aliphatic rings. The molecule has 9 heteroatoms. The Balaban J connectivity index is 1.45. The van der Waals surface area contributed by atoms with Crippen molar-refractivity contribution < 1.29 is 10.0 Å². The largest absolute Gasteiger partial charge is 0.321 e. The number of carbonyl (C=O) groups is 1. The molecule has 178 valence electrons. The Morgan fingerprint density at radius 3 is 2.22 bits per heavy atom. The summed E-state index contributed by atoms with van der Waals surface area (Å²) < 4.78 is 0. The molecule has 2 amide bonds. The topological polar surface area (TPSA) is 97.5 Å². The van der Waals surface area contributed by atoms with Gasteiger partial charge in [0.2, 0.25) is 0 Å². The molecular weight excluding hydrogens is 449 g/mol. The van der Waals surface area contributed by atoms with E-state index in [9.17, 15) is 10.0 Å². The number of urea groups is 1. The van der Waals surface area contributed by atoms with Crippen molar-refractivity contribution in [2.24, 2.45) is 11.3 Å². The third kappa shape index (κ3) is 5.69. The van der Waals surface area contributed by atoms with Crippen molar-refractivity contribution in [1.29, 1.82) is 0 Å². The molecule has 0 bridgehead atoms. The van der Waals surface area contributed by atoms with Gasteiger partial charge < -0.3 is 15.8 Å². The van der Waals surface area contributed by atoms with E-state index in [2.05, 4.69) is 26.7 Å². The van der Waals surface area contributed by atoms with Crippen LogP contribution in [0.2, 0.25) is 10.0 Å². The van der Waals surface area contributed by atoms with Gasteiger partial charge in [-0.2, -0.15) is 5.48 Å². The molecule has 1 saturated heterocycles. The summed E-state index contributed by atoms with van der Waals surface area (Å²) in [5, 5.41) is 23.8. The minimum atomic E-state index is -0.464. The van der Waals surface area contributed by atoms with Gasteiger partial charge >= 0.3 is 6.03 Å². The highest BCUT2D eigenvalue weighted by molar-refractivity contribution is 6.42. The summed E-state index contributed by atoms with van der Waals surface area (Å²) in [4.78, 5) is 12.7. The predicted octanol–water partition coefficient (Wildman–Crippen LogP) is 5.19. The van der Waals surface area contributed by atoms with Gasteiger partial charge in [0.1, 0.15) is 6.29 Å². The van der Waals surface area contributed by atoms with Gasteiger partial charge in [0, 0.05) is 17.1 Å². The van der Waals surface area contributed by atoms with Crippen LogP contribution < -0.4 is 26.7 Å². The fraction of sp³-hybridized carbons (Fsp3) is 0.696. The standard InChI is InChI=1S/C23H35Cl2N5O2/c24-17-11-10-16(14-18(17)25)26-22(31)29-21-27-19(15-8-9-15)23(20(28-21)30-32)12-6-4-2-1-3-5-7-13-23/h10-11,14-15,19-21,27-28,30,32H,1-9,12-13H2,(H2,26,29,31). The maximum Gasteiger partial charge on any atom is 0.321 e. The van der Waals surface area contributed by atoms with Gasteiger partial charge in [-0.1, -0.05) is 68.1 Å². The van der Waals surface area contributed by atoms with Crippen LogP contribution in [-0.4, -0.2) is 29.7 Å². The lowest BCUT2D eigenvalue weighted by Gasteiger charge is -2.53. The van der Waals surface area contributed by atoms with Crippen molar-refractivity contribution in [2.75, 3.05) is 5.32 Å². The molecule has 1 spiro atoms. The van der Waals surface area contributed by atoms with Crippen LogP contribution in [0, 0.1) is 11.3 Å². The second-order valence-electron chi connectivity index (χ2n) is 9.58. The van der Waals surface area contributed by atoms with Crippen LogP contribution >= 0.6 is 23.2 Å². The third-order valence-corrected chi connectivity index (χ3v) is 8.07. The number of hydrogen-bond donors (Lipinski definition) is 6. The van der Waals surface area contributed by atoms with Crippen LogP contribution in [0.5, 0.6) is 0 Å². The molecule has 6 N–H and O–H groups in total. The predicted molar refractivity (Wildman–Crippen MR) is 128 cm³/mol. The maximum absolute atomic E-state index is 12.7. The minimum absolute atomic E-state index is 0.0778. The molecule has 2 saturated carbocycles. The molecule has 2 aliphatic carbocycles. The number of hydroxylamine groups is 1. The van der Waals surface area contributed by atoms with E-state index in [-0.39, 0.29) is 23.7 Å². The molecule has 1 aliphatic heterocycles. The third-order valence-electron chi connectivity index (χ3n) is 7.33. The summed E-state index contributed by atoms with van der Waals surface area (Å²) >= 11 is 12.0. The number of amides is 2. The van der Waals surface area contributed by atoms with E-state index in [4.69, 9.17) is 23.2 Å². The van der Waals surface area contributed by atoms with Crippen molar-refractivity contribution in [2.45, 2.75) is 89.1 Å². The first-order valence-electron chi connectivity index (χ1n) is 12.0. The zero-order chi connectivity index (χ0) is 22.6. The molecule has 7 nitrogen and oxygen atoms in total. The number of rotatable bonds is 4. The quantitative estimate of drug-likeness (QED) is 0.331. The Labute approximate surface area is 200 Å². The number of nitrogens with one attached hydrogen (secondary N) is 5. The fourth-order valence-corrected chi connectivity index (χ4v) is 5.88. The molecule has 3 atom stereocenters. The van der Waals surface area contributed by atoms with Gasteiger partial charge in [0.25, 0.3) is 0 Å². The highest BCUT2D eigenvalue weighted by atomic mass is 35.5. The van der Waals surface area contributed by atoms with Crippen LogP contribution in [0.25, 0.3) is 0 Å². The van der Waals surface area contributed by atoms with Crippen LogP contribution in [0.1, 0.15) is 70.6 Å². The Bertz CT molecular complexity index is 782. The monoisotopic (exact) mass is 483 g/mol. The van der Waals surface area contributed by atoms with Crippen LogP contribution in [0.15, 0.2) is 18.2 Å². The van der Waals surface area contributed by atoms with Crippen molar-refractivity contribution in [3.8, 4) is 0 Å². The van der Waals surface area contributed by atoms with E-state index in [1.807, 2.05) is 0 Å². The number of halogens is 2. The molecule has 0 aromatic heterocycles. The molecule has 32 heavy (non-hydrogen) atoms. The summed E-state index contributed by atoms with van der Waals surface area (Å²) in [6.45, 7) is 0. The number of carbonyl (C=O) groups excluding carboxylic acids is 1. The second kappa shape index (κ2) is 10.9. The van der Waals surface area contributed by atoms with Crippen LogP contribution in [0.3, 0.4) is 0 Å². The van der Waals surface area contributed by atoms with Gasteiger partial charge in [0.05, 0.1) is 16.2 Å². The first-order valence-corrected chi connectivity index (χ1v) is 12.7. The van der Waals surface area contributed by atoms with E-state index in [0.29, 0.717) is 21.7 Å². The summed E-state index contributed by atoms with van der Waals surface area (Å²) in [6.07, 6.45) is 12.5. The summed E-state index contributed by atoms with van der Waals surface area (Å²) in [6, 6.07) is 4.85. The van der Waals surface area contributed by atoms with Crippen LogP contribution in [0.4, 0.5) is 10.5 Å².